The molecule has 0 saturated carbocycles. The van der Waals surface area contributed by atoms with Gasteiger partial charge >= 0.3 is 0 Å². The van der Waals surface area contributed by atoms with Gasteiger partial charge in [-0.05, 0) is 25.0 Å². The normalized spacial score (nSPS) is 18.6. The van der Waals surface area contributed by atoms with Crippen molar-refractivity contribution in [3.63, 3.8) is 0 Å². The van der Waals surface area contributed by atoms with Gasteiger partial charge in [0.2, 0.25) is 11.0 Å². The van der Waals surface area contributed by atoms with Crippen LogP contribution in [-0.2, 0) is 9.59 Å². The fraction of sp³-hybridized carbons (Fsp3) is 0.250. The maximum absolute atomic E-state index is 14.9. The van der Waals surface area contributed by atoms with E-state index >= 15 is 0 Å². The van der Waals surface area contributed by atoms with Crippen molar-refractivity contribution >= 4 is 55.9 Å². The molecule has 1 aromatic heterocycles. The molecule has 2 aromatic rings. The van der Waals surface area contributed by atoms with Crippen LogP contribution in [-0.4, -0.2) is 27.6 Å². The Morgan fingerprint density at radius 2 is 2.19 bits per heavy atom. The van der Waals surface area contributed by atoms with Crippen LogP contribution in [0.2, 0.25) is 0 Å². The van der Waals surface area contributed by atoms with Crippen LogP contribution in [0.5, 0.6) is 0 Å². The van der Waals surface area contributed by atoms with E-state index in [0.29, 0.717) is 44.5 Å². The van der Waals surface area contributed by atoms with Crippen LogP contribution in [0.3, 0.4) is 0 Å². The van der Waals surface area contributed by atoms with Gasteiger partial charge in [0.1, 0.15) is 11.6 Å². The lowest BCUT2D eigenvalue weighted by atomic mass is 9.75. The van der Waals surface area contributed by atoms with Gasteiger partial charge in [-0.15, -0.1) is 10.2 Å². The molecule has 12 heteroatoms. The number of thioether (sulfide) groups is 1. The van der Waals surface area contributed by atoms with Crippen LogP contribution in [0, 0.1) is 17.1 Å². The number of aromatic nitrogens is 2. The number of Topliss-reactive ketones (excluding diaryl/α,β-unsaturated/α-hetero) is 1. The molecule has 0 radical (unpaired) electrons. The molecule has 1 aromatic carbocycles. The van der Waals surface area contributed by atoms with Crippen molar-refractivity contribution in [1.82, 2.24) is 10.2 Å². The number of anilines is 1. The number of nitriles is 1. The van der Waals surface area contributed by atoms with Crippen LogP contribution in [0.1, 0.15) is 30.7 Å². The van der Waals surface area contributed by atoms with Gasteiger partial charge in [0.05, 0.1) is 23.3 Å². The van der Waals surface area contributed by atoms with Gasteiger partial charge in [0, 0.05) is 27.7 Å². The molecule has 1 aliphatic carbocycles. The molecule has 0 spiro atoms. The number of nitrogens with two attached hydrogens (primary N) is 2. The highest BCUT2D eigenvalue weighted by Crippen LogP contribution is 2.47. The summed E-state index contributed by atoms with van der Waals surface area (Å²) < 4.78 is 16.0. The Morgan fingerprint density at radius 3 is 2.88 bits per heavy atom. The summed E-state index contributed by atoms with van der Waals surface area (Å²) in [5.41, 5.74) is 12.8. The second-order valence-corrected chi connectivity index (χ2v) is 10.2. The van der Waals surface area contributed by atoms with Crippen molar-refractivity contribution in [3.05, 3.63) is 56.7 Å². The van der Waals surface area contributed by atoms with E-state index in [1.165, 1.54) is 17.4 Å². The van der Waals surface area contributed by atoms with Gasteiger partial charge in [-0.1, -0.05) is 45.1 Å². The average Bonchev–Trinajstić information content (AvgIpc) is 3.20. The van der Waals surface area contributed by atoms with Crippen LogP contribution in [0.15, 0.2) is 49.7 Å². The lowest BCUT2D eigenvalue weighted by Crippen LogP contribution is -2.38. The molecule has 2 heterocycles. The van der Waals surface area contributed by atoms with Gasteiger partial charge in [-0.3, -0.25) is 14.5 Å². The highest BCUT2D eigenvalue weighted by Gasteiger charge is 2.42. The third-order valence-electron chi connectivity index (χ3n) is 5.11. The van der Waals surface area contributed by atoms with Crippen LogP contribution < -0.4 is 16.4 Å². The number of carbonyl (C=O) groups is 2. The molecule has 4 N–H and O–H groups in total. The highest BCUT2D eigenvalue weighted by molar-refractivity contribution is 9.10. The van der Waals surface area contributed by atoms with Gasteiger partial charge in [0.25, 0.3) is 0 Å². The third kappa shape index (κ3) is 4.03. The van der Waals surface area contributed by atoms with E-state index in [1.807, 2.05) is 0 Å². The number of hydrogen-bond acceptors (Lipinski definition) is 9. The Labute approximate surface area is 199 Å². The average molecular weight is 535 g/mol. The summed E-state index contributed by atoms with van der Waals surface area (Å²) in [5.74, 6) is -1.96. The SMILES string of the molecule is N#CC1=C(N)N(c2nnc(SCC(N)=O)s2)C2=C(C(=O)CCC2)C1c1ccc(Br)cc1F. The zero-order valence-electron chi connectivity index (χ0n) is 16.5. The second kappa shape index (κ2) is 9.01. The molecule has 0 fully saturated rings. The standard InChI is InChI=1S/C20H16BrFN6O2S2/c21-9-4-5-10(12(22)6-9)16-11(7-23)18(25)28(13-2-1-3-14(29)17(13)16)19-26-27-20(32-19)31-8-15(24)30/h4-6,16H,1-3,8,25H2,(H2,24,30). The number of hydrogen-bond donors (Lipinski definition) is 2. The first kappa shape index (κ1) is 22.4. The molecule has 4 rings (SSSR count). The number of allylic oxidation sites excluding steroid dienone is 3. The summed E-state index contributed by atoms with van der Waals surface area (Å²) in [4.78, 5) is 25.7. The Balaban J connectivity index is 1.86. The second-order valence-electron chi connectivity index (χ2n) is 7.09. The Hall–Kier alpha value is -2.75. The monoisotopic (exact) mass is 534 g/mol. The van der Waals surface area contributed by atoms with Crippen molar-refractivity contribution in [2.45, 2.75) is 29.5 Å². The molecule has 1 atom stereocenters. The Morgan fingerprint density at radius 1 is 1.41 bits per heavy atom. The topological polar surface area (TPSA) is 139 Å². The van der Waals surface area contributed by atoms with Gasteiger partial charge < -0.3 is 11.5 Å². The van der Waals surface area contributed by atoms with E-state index in [9.17, 15) is 19.2 Å². The predicted molar refractivity (Wildman–Crippen MR) is 122 cm³/mol. The highest BCUT2D eigenvalue weighted by atomic mass is 79.9. The summed E-state index contributed by atoms with van der Waals surface area (Å²) >= 11 is 5.54. The van der Waals surface area contributed by atoms with Crippen molar-refractivity contribution in [2.24, 2.45) is 11.5 Å². The van der Waals surface area contributed by atoms with Gasteiger partial charge in [0.15, 0.2) is 10.1 Å². The minimum atomic E-state index is -0.899. The van der Waals surface area contributed by atoms with Crippen molar-refractivity contribution in [2.75, 3.05) is 10.7 Å². The van der Waals surface area contributed by atoms with E-state index < -0.39 is 17.6 Å². The van der Waals surface area contributed by atoms with Gasteiger partial charge in [-0.25, -0.2) is 4.39 Å². The molecular formula is C20H16BrFN6O2S2. The number of benzene rings is 1. The summed E-state index contributed by atoms with van der Waals surface area (Å²) in [5, 5.41) is 18.5. The maximum Gasteiger partial charge on any atom is 0.227 e. The molecular weight excluding hydrogens is 519 g/mol. The smallest absolute Gasteiger partial charge is 0.227 e. The number of amides is 1. The quantitative estimate of drug-likeness (QED) is 0.556. The minimum absolute atomic E-state index is 0.0424. The number of nitrogens with zero attached hydrogens (tertiary/aromatic N) is 4. The largest absolute Gasteiger partial charge is 0.384 e. The summed E-state index contributed by atoms with van der Waals surface area (Å²) in [6, 6.07) is 6.60. The van der Waals surface area contributed by atoms with E-state index in [-0.39, 0.29) is 28.5 Å². The molecule has 2 aliphatic rings. The predicted octanol–water partition coefficient (Wildman–Crippen LogP) is 3.32. The van der Waals surface area contributed by atoms with E-state index in [2.05, 4.69) is 32.2 Å². The third-order valence-corrected chi connectivity index (χ3v) is 7.67. The van der Waals surface area contributed by atoms with Crippen LogP contribution in [0.4, 0.5) is 9.52 Å². The summed E-state index contributed by atoms with van der Waals surface area (Å²) in [7, 11) is 0. The number of primary amides is 1. The number of halogens is 2. The molecule has 32 heavy (non-hydrogen) atoms. The Kier molecular flexibility index (Phi) is 6.32. The molecule has 1 amide bonds. The van der Waals surface area contributed by atoms with Gasteiger partial charge in [-0.2, -0.15) is 5.26 Å². The summed E-state index contributed by atoms with van der Waals surface area (Å²) in [6.07, 6.45) is 1.41. The van der Waals surface area contributed by atoms with Crippen LogP contribution >= 0.6 is 39.0 Å². The lowest BCUT2D eigenvalue weighted by molar-refractivity contribution is -0.116. The van der Waals surface area contributed by atoms with Crippen molar-refractivity contribution < 1.29 is 14.0 Å². The van der Waals surface area contributed by atoms with Crippen LogP contribution in [0.25, 0.3) is 0 Å². The zero-order valence-corrected chi connectivity index (χ0v) is 19.7. The molecule has 1 aliphatic heterocycles. The number of rotatable bonds is 5. The fourth-order valence-electron chi connectivity index (χ4n) is 3.84. The van der Waals surface area contributed by atoms with E-state index in [4.69, 9.17) is 11.5 Å². The number of ketones is 1. The molecule has 8 nitrogen and oxygen atoms in total. The van der Waals surface area contributed by atoms with Crippen molar-refractivity contribution in [3.8, 4) is 6.07 Å². The van der Waals surface area contributed by atoms with E-state index in [1.54, 1.807) is 17.0 Å². The molecule has 0 bridgehead atoms. The van der Waals surface area contributed by atoms with E-state index in [0.717, 1.165) is 11.8 Å². The zero-order chi connectivity index (χ0) is 23.0. The summed E-state index contributed by atoms with van der Waals surface area (Å²) in [6.45, 7) is 0. The number of carbonyl (C=O) groups excluding carboxylic acids is 2. The minimum Gasteiger partial charge on any atom is -0.384 e. The molecule has 0 saturated heterocycles. The first-order chi connectivity index (χ1) is 15.3. The first-order valence-corrected chi connectivity index (χ1v) is 12.1. The molecule has 164 valence electrons. The lowest BCUT2D eigenvalue weighted by Gasteiger charge is -2.38. The fourth-order valence-corrected chi connectivity index (χ4v) is 5.79. The first-order valence-electron chi connectivity index (χ1n) is 9.47. The molecule has 1 unspecified atom stereocenters. The van der Waals surface area contributed by atoms with Crippen molar-refractivity contribution in [1.29, 1.82) is 5.26 Å². The Bertz CT molecular complexity index is 1230. The maximum atomic E-state index is 14.9.